The van der Waals surface area contributed by atoms with E-state index in [9.17, 15) is 0 Å². The van der Waals surface area contributed by atoms with Crippen LogP contribution < -0.4 is 0 Å². The molecule has 0 saturated heterocycles. The van der Waals surface area contributed by atoms with Crippen molar-refractivity contribution < 1.29 is 20.3 Å². The van der Waals surface area contributed by atoms with Crippen molar-refractivity contribution in [2.75, 3.05) is 0 Å². The van der Waals surface area contributed by atoms with Crippen molar-refractivity contribution >= 4 is 0 Å². The molecule has 0 atom stereocenters. The summed E-state index contributed by atoms with van der Waals surface area (Å²) in [6, 6.07) is 0. The van der Waals surface area contributed by atoms with Gasteiger partial charge in [0.15, 0.2) is 0 Å². The zero-order chi connectivity index (χ0) is 17.0. The van der Waals surface area contributed by atoms with Gasteiger partial charge in [0.05, 0.1) is 0 Å². The molecule has 0 nitrogen and oxygen atoms in total. The third kappa shape index (κ3) is 4.09. The summed E-state index contributed by atoms with van der Waals surface area (Å²) in [6.07, 6.45) is 15.5. The molecular formula is C22H36Zr. The third-order valence-electron chi connectivity index (χ3n) is 5.65. The quantitative estimate of drug-likeness (QED) is 0.395. The molecule has 0 bridgehead atoms. The van der Waals surface area contributed by atoms with Crippen LogP contribution in [0.25, 0.3) is 0 Å². The Bertz CT molecular complexity index is 517. The Hall–Kier alpha value is -0.157. The second kappa shape index (κ2) is 8.29. The molecule has 23 heavy (non-hydrogen) atoms. The van der Waals surface area contributed by atoms with Gasteiger partial charge in [-0.1, -0.05) is 0 Å². The summed E-state index contributed by atoms with van der Waals surface area (Å²) in [5.74, 6) is 0. The number of rotatable bonds is 8. The van der Waals surface area contributed by atoms with Crippen LogP contribution >= 0.6 is 0 Å². The maximum atomic E-state index is 2.68. The van der Waals surface area contributed by atoms with Crippen LogP contribution in [0.1, 0.15) is 79.1 Å². The maximum absolute atomic E-state index is 2.68. The Morgan fingerprint density at radius 3 is 1.52 bits per heavy atom. The molecule has 2 aliphatic rings. The standard InChI is InChI=1S/2C10H15.2CH3.Zr/c2*1-3-4-5-10-7-6-9(2)8-10;;;/h2*7H,3-6H2,1-2H3;2*1H3;. The minimum atomic E-state index is -2.45. The summed E-state index contributed by atoms with van der Waals surface area (Å²) < 4.78 is 9.10. The Kier molecular flexibility index (Phi) is 6.91. The molecule has 0 radical (unpaired) electrons. The molecule has 128 valence electrons. The van der Waals surface area contributed by atoms with Gasteiger partial charge in [0, 0.05) is 0 Å². The topological polar surface area (TPSA) is 0 Å². The SMILES string of the molecule is CCCCC1=CCC(C)=[C]1[Zr]([CH3])([CH3])[C]1=C(C)CC=C1CCCC. The Labute approximate surface area is 149 Å². The predicted octanol–water partition coefficient (Wildman–Crippen LogP) is 7.83. The third-order valence-corrected chi connectivity index (χ3v) is 15.5. The van der Waals surface area contributed by atoms with Gasteiger partial charge in [-0.2, -0.15) is 0 Å². The van der Waals surface area contributed by atoms with E-state index in [2.05, 4.69) is 49.1 Å². The number of hydrogen-bond donors (Lipinski definition) is 0. The summed E-state index contributed by atoms with van der Waals surface area (Å²) in [5.41, 5.74) is 6.84. The molecule has 0 N–H and O–H groups in total. The van der Waals surface area contributed by atoms with E-state index in [1.165, 1.54) is 51.4 Å². The van der Waals surface area contributed by atoms with Crippen molar-refractivity contribution in [1.29, 1.82) is 0 Å². The Balaban J connectivity index is 2.33. The van der Waals surface area contributed by atoms with E-state index in [4.69, 9.17) is 0 Å². The fraction of sp³-hybridized carbons (Fsp3) is 0.636. The van der Waals surface area contributed by atoms with Gasteiger partial charge in [0.1, 0.15) is 0 Å². The molecule has 2 aliphatic carbocycles. The molecular weight excluding hydrogens is 355 g/mol. The van der Waals surface area contributed by atoms with Gasteiger partial charge in [-0.05, 0) is 0 Å². The van der Waals surface area contributed by atoms with Gasteiger partial charge in [0.2, 0.25) is 0 Å². The average molecular weight is 392 g/mol. The molecule has 0 aromatic carbocycles. The summed E-state index contributed by atoms with van der Waals surface area (Å²) in [4.78, 5) is 0. The van der Waals surface area contributed by atoms with E-state index in [-0.39, 0.29) is 0 Å². The second-order valence-electron chi connectivity index (χ2n) is 8.01. The van der Waals surface area contributed by atoms with E-state index in [1.54, 1.807) is 22.3 Å². The van der Waals surface area contributed by atoms with Crippen LogP contribution in [0.3, 0.4) is 0 Å². The van der Waals surface area contributed by atoms with E-state index in [0.29, 0.717) is 0 Å². The zero-order valence-corrected chi connectivity index (χ0v) is 18.8. The fourth-order valence-corrected chi connectivity index (χ4v) is 16.1. The first kappa shape index (κ1) is 19.2. The monoisotopic (exact) mass is 390 g/mol. The number of hydrogen-bond acceptors (Lipinski definition) is 0. The predicted molar refractivity (Wildman–Crippen MR) is 102 cm³/mol. The molecule has 0 aliphatic heterocycles. The van der Waals surface area contributed by atoms with Crippen molar-refractivity contribution in [1.82, 2.24) is 0 Å². The molecule has 0 amide bonds. The average Bonchev–Trinajstić information content (AvgIpc) is 3.06. The van der Waals surface area contributed by atoms with Crippen molar-refractivity contribution in [3.63, 3.8) is 0 Å². The number of unbranched alkanes of at least 4 members (excludes halogenated alkanes) is 2. The minimum absolute atomic E-state index is 1.22. The van der Waals surface area contributed by atoms with Crippen molar-refractivity contribution in [3.8, 4) is 0 Å². The molecule has 0 spiro atoms. The normalized spacial score (nSPS) is 18.9. The molecule has 2 rings (SSSR count). The first-order valence-electron chi connectivity index (χ1n) is 9.72. The van der Waals surface area contributed by atoms with Gasteiger partial charge < -0.3 is 0 Å². The molecule has 0 saturated carbocycles. The summed E-state index contributed by atoms with van der Waals surface area (Å²) in [5, 5.41) is 0. The van der Waals surface area contributed by atoms with Crippen LogP contribution in [0.15, 0.2) is 41.0 Å². The van der Waals surface area contributed by atoms with Crippen LogP contribution in [-0.4, -0.2) is 0 Å². The van der Waals surface area contributed by atoms with Gasteiger partial charge in [-0.3, -0.25) is 0 Å². The van der Waals surface area contributed by atoms with Crippen molar-refractivity contribution in [3.05, 3.63) is 41.0 Å². The second-order valence-corrected chi connectivity index (χ2v) is 18.5. The van der Waals surface area contributed by atoms with Gasteiger partial charge in [0.25, 0.3) is 0 Å². The van der Waals surface area contributed by atoms with E-state index < -0.39 is 20.3 Å². The van der Waals surface area contributed by atoms with Crippen LogP contribution in [0.5, 0.6) is 0 Å². The summed E-state index contributed by atoms with van der Waals surface area (Å²) in [7, 11) is 0. The first-order chi connectivity index (χ1) is 10.9. The van der Waals surface area contributed by atoms with Gasteiger partial charge in [-0.25, -0.2) is 0 Å². The van der Waals surface area contributed by atoms with Crippen LogP contribution in [0.4, 0.5) is 0 Å². The fourth-order valence-electron chi connectivity index (χ4n) is 4.69. The molecule has 0 aromatic heterocycles. The molecule has 0 aromatic rings. The summed E-state index contributed by atoms with van der Waals surface area (Å²) >= 11 is -2.45. The van der Waals surface area contributed by atoms with Crippen molar-refractivity contribution in [2.24, 2.45) is 0 Å². The van der Waals surface area contributed by atoms with E-state index in [1.807, 2.05) is 6.56 Å². The van der Waals surface area contributed by atoms with E-state index >= 15 is 0 Å². The Morgan fingerprint density at radius 1 is 0.783 bits per heavy atom. The number of allylic oxidation sites excluding steroid dienone is 8. The zero-order valence-electron chi connectivity index (χ0n) is 16.3. The van der Waals surface area contributed by atoms with Crippen LogP contribution in [0, 0.1) is 0 Å². The van der Waals surface area contributed by atoms with Gasteiger partial charge >= 0.3 is 150 Å². The Morgan fingerprint density at radius 2 is 1.17 bits per heavy atom. The van der Waals surface area contributed by atoms with Crippen molar-refractivity contribution in [2.45, 2.75) is 88.3 Å². The van der Waals surface area contributed by atoms with Gasteiger partial charge in [-0.15, -0.1) is 0 Å². The molecule has 1 heteroatoms. The molecule has 0 unspecified atom stereocenters. The van der Waals surface area contributed by atoms with Crippen LogP contribution in [0.2, 0.25) is 9.26 Å². The molecule has 0 fully saturated rings. The summed E-state index contributed by atoms with van der Waals surface area (Å²) in [6.45, 7) is 9.44. The molecule has 0 heterocycles. The first-order valence-corrected chi connectivity index (χ1v) is 17.1. The van der Waals surface area contributed by atoms with E-state index in [0.717, 1.165) is 0 Å². The van der Waals surface area contributed by atoms with Crippen LogP contribution in [-0.2, 0) is 20.3 Å².